The molecule has 0 saturated heterocycles. The zero-order valence-electron chi connectivity index (χ0n) is 12.5. The number of benzene rings is 1. The van der Waals surface area contributed by atoms with Crippen LogP contribution in [-0.2, 0) is 22.7 Å². The fraction of sp³-hybridized carbons (Fsp3) is 0.533. The minimum absolute atomic E-state index is 0.0171. The molecule has 7 heteroatoms. The van der Waals surface area contributed by atoms with Crippen molar-refractivity contribution >= 4 is 17.3 Å². The van der Waals surface area contributed by atoms with Gasteiger partial charge in [-0.3, -0.25) is 19.8 Å². The van der Waals surface area contributed by atoms with Crippen LogP contribution in [0.5, 0.6) is 0 Å². The number of nitro benzene ring substituents is 1. The number of amides is 1. The minimum Gasteiger partial charge on any atom is -0.380 e. The van der Waals surface area contributed by atoms with Gasteiger partial charge < -0.3 is 10.1 Å². The zero-order chi connectivity index (χ0) is 15.7. The van der Waals surface area contributed by atoms with Gasteiger partial charge >= 0.3 is 0 Å². The SMILES string of the molecule is COCc1cc2c(cc1[N+](=O)[O-])NC(=O)CN(CC1CC1)C2. The molecule has 0 spiro atoms. The van der Waals surface area contributed by atoms with E-state index >= 15 is 0 Å². The highest BCUT2D eigenvalue weighted by molar-refractivity contribution is 5.94. The van der Waals surface area contributed by atoms with Crippen LogP contribution in [0.25, 0.3) is 0 Å². The monoisotopic (exact) mass is 305 g/mol. The van der Waals surface area contributed by atoms with Gasteiger partial charge in [-0.25, -0.2) is 0 Å². The van der Waals surface area contributed by atoms with E-state index in [-0.39, 0.29) is 18.2 Å². The Bertz CT molecular complexity index is 613. The lowest BCUT2D eigenvalue weighted by atomic mass is 10.1. The molecule has 0 radical (unpaired) electrons. The van der Waals surface area contributed by atoms with Gasteiger partial charge in [0.1, 0.15) is 0 Å². The standard InChI is InChI=1S/C15H19N3O4/c1-22-9-12-4-11-7-17(6-10-2-3-10)8-15(19)16-13(11)5-14(12)18(20)21/h4-5,10H,2-3,6-9H2,1H3,(H,16,19). The Balaban J connectivity index is 1.93. The van der Waals surface area contributed by atoms with Gasteiger partial charge in [0, 0.05) is 26.3 Å². The number of hydrogen-bond acceptors (Lipinski definition) is 5. The fourth-order valence-electron chi connectivity index (χ4n) is 2.86. The third-order valence-corrected chi connectivity index (χ3v) is 4.05. The number of fused-ring (bicyclic) bond motifs is 1. The highest BCUT2D eigenvalue weighted by Crippen LogP contribution is 2.33. The van der Waals surface area contributed by atoms with Crippen molar-refractivity contribution in [3.05, 3.63) is 33.4 Å². The normalized spacial score (nSPS) is 18.5. The Morgan fingerprint density at radius 2 is 2.18 bits per heavy atom. The Morgan fingerprint density at radius 3 is 2.82 bits per heavy atom. The molecule has 1 N–H and O–H groups in total. The summed E-state index contributed by atoms with van der Waals surface area (Å²) in [6.07, 6.45) is 2.44. The van der Waals surface area contributed by atoms with Crippen LogP contribution in [-0.4, -0.2) is 35.9 Å². The first-order valence-electron chi connectivity index (χ1n) is 7.38. The maximum absolute atomic E-state index is 12.0. The average Bonchev–Trinajstić information content (AvgIpc) is 3.25. The zero-order valence-corrected chi connectivity index (χ0v) is 12.5. The number of nitrogens with one attached hydrogen (secondary N) is 1. The second-order valence-corrected chi connectivity index (χ2v) is 5.99. The van der Waals surface area contributed by atoms with E-state index in [2.05, 4.69) is 10.2 Å². The molecule has 1 saturated carbocycles. The average molecular weight is 305 g/mol. The van der Waals surface area contributed by atoms with Crippen molar-refractivity contribution in [3.63, 3.8) is 0 Å². The van der Waals surface area contributed by atoms with Crippen molar-refractivity contribution in [3.8, 4) is 0 Å². The van der Waals surface area contributed by atoms with Crippen molar-refractivity contribution in [2.24, 2.45) is 5.92 Å². The van der Waals surface area contributed by atoms with Gasteiger partial charge in [-0.15, -0.1) is 0 Å². The highest BCUT2D eigenvalue weighted by Gasteiger charge is 2.29. The van der Waals surface area contributed by atoms with Crippen molar-refractivity contribution in [1.82, 2.24) is 4.90 Å². The number of nitro groups is 1. The molecule has 1 aromatic rings. The number of methoxy groups -OCH3 is 1. The van der Waals surface area contributed by atoms with Crippen molar-refractivity contribution < 1.29 is 14.5 Å². The van der Waals surface area contributed by atoms with Crippen LogP contribution < -0.4 is 5.32 Å². The molecule has 1 aliphatic heterocycles. The van der Waals surface area contributed by atoms with E-state index in [1.165, 1.54) is 26.0 Å². The Labute approximate surface area is 128 Å². The van der Waals surface area contributed by atoms with Crippen molar-refractivity contribution in [2.75, 3.05) is 25.5 Å². The largest absolute Gasteiger partial charge is 0.380 e. The van der Waals surface area contributed by atoms with E-state index in [4.69, 9.17) is 4.74 Å². The maximum Gasteiger partial charge on any atom is 0.277 e. The summed E-state index contributed by atoms with van der Waals surface area (Å²) < 4.78 is 5.06. The number of nitrogens with zero attached hydrogens (tertiary/aromatic N) is 2. The summed E-state index contributed by atoms with van der Waals surface area (Å²) in [5.74, 6) is 0.569. The summed E-state index contributed by atoms with van der Waals surface area (Å²) in [6, 6.07) is 3.23. The van der Waals surface area contributed by atoms with E-state index < -0.39 is 4.92 Å². The van der Waals surface area contributed by atoms with Gasteiger partial charge in [0.25, 0.3) is 5.69 Å². The predicted molar refractivity (Wildman–Crippen MR) is 80.4 cm³/mol. The first kappa shape index (κ1) is 14.9. The van der Waals surface area contributed by atoms with E-state index in [1.807, 2.05) is 0 Å². The number of rotatable bonds is 5. The van der Waals surface area contributed by atoms with Crippen LogP contribution in [0.3, 0.4) is 0 Å². The molecule has 1 amide bonds. The fourth-order valence-corrected chi connectivity index (χ4v) is 2.86. The quantitative estimate of drug-likeness (QED) is 0.663. The first-order valence-corrected chi connectivity index (χ1v) is 7.38. The topological polar surface area (TPSA) is 84.7 Å². The van der Waals surface area contributed by atoms with Gasteiger partial charge in [-0.05, 0) is 30.4 Å². The van der Waals surface area contributed by atoms with E-state index in [9.17, 15) is 14.9 Å². The lowest BCUT2D eigenvalue weighted by Gasteiger charge is -2.18. The number of carbonyl (C=O) groups is 1. The molecular formula is C15H19N3O4. The summed E-state index contributed by atoms with van der Waals surface area (Å²) in [5, 5.41) is 14.0. The van der Waals surface area contributed by atoms with Crippen LogP contribution in [0.1, 0.15) is 24.0 Å². The Hall–Kier alpha value is -1.99. The summed E-state index contributed by atoms with van der Waals surface area (Å²) in [4.78, 5) is 24.9. The van der Waals surface area contributed by atoms with Crippen molar-refractivity contribution in [1.29, 1.82) is 0 Å². The van der Waals surface area contributed by atoms with Crippen LogP contribution >= 0.6 is 0 Å². The predicted octanol–water partition coefficient (Wildman–Crippen LogP) is 1.91. The molecule has 118 valence electrons. The number of carbonyl (C=O) groups excluding carboxylic acids is 1. The lowest BCUT2D eigenvalue weighted by molar-refractivity contribution is -0.385. The van der Waals surface area contributed by atoms with Gasteiger partial charge in [0.2, 0.25) is 5.91 Å². The van der Waals surface area contributed by atoms with Crippen LogP contribution in [0.4, 0.5) is 11.4 Å². The minimum atomic E-state index is -0.437. The summed E-state index contributed by atoms with van der Waals surface area (Å²) >= 11 is 0. The van der Waals surface area contributed by atoms with Gasteiger partial charge in [0.15, 0.2) is 0 Å². The molecule has 2 aliphatic rings. The summed E-state index contributed by atoms with van der Waals surface area (Å²) in [6.45, 7) is 2.04. The van der Waals surface area contributed by atoms with E-state index in [0.717, 1.165) is 12.1 Å². The number of anilines is 1. The molecule has 0 bridgehead atoms. The van der Waals surface area contributed by atoms with E-state index in [0.29, 0.717) is 30.3 Å². The lowest BCUT2D eigenvalue weighted by Crippen LogP contribution is -2.31. The molecule has 1 fully saturated rings. The second-order valence-electron chi connectivity index (χ2n) is 5.99. The van der Waals surface area contributed by atoms with Gasteiger partial charge in [-0.1, -0.05) is 0 Å². The third-order valence-electron chi connectivity index (χ3n) is 4.05. The third kappa shape index (κ3) is 3.26. The molecular weight excluding hydrogens is 286 g/mol. The van der Waals surface area contributed by atoms with Crippen molar-refractivity contribution in [2.45, 2.75) is 26.0 Å². The van der Waals surface area contributed by atoms with Crippen LogP contribution in [0.2, 0.25) is 0 Å². The first-order chi connectivity index (χ1) is 10.6. The van der Waals surface area contributed by atoms with Crippen LogP contribution in [0.15, 0.2) is 12.1 Å². The summed E-state index contributed by atoms with van der Waals surface area (Å²) in [5.41, 5.74) is 1.96. The molecule has 0 unspecified atom stereocenters. The molecule has 0 atom stereocenters. The second kappa shape index (κ2) is 6.02. The maximum atomic E-state index is 12.0. The highest BCUT2D eigenvalue weighted by atomic mass is 16.6. The van der Waals surface area contributed by atoms with Gasteiger partial charge in [0.05, 0.1) is 29.3 Å². The molecule has 3 rings (SSSR count). The Kier molecular flexibility index (Phi) is 4.08. The number of hydrogen-bond donors (Lipinski definition) is 1. The molecule has 1 heterocycles. The smallest absolute Gasteiger partial charge is 0.277 e. The van der Waals surface area contributed by atoms with Crippen LogP contribution in [0, 0.1) is 16.0 Å². The molecule has 7 nitrogen and oxygen atoms in total. The molecule has 22 heavy (non-hydrogen) atoms. The number of ether oxygens (including phenoxy) is 1. The Morgan fingerprint density at radius 1 is 1.41 bits per heavy atom. The molecule has 1 aromatic carbocycles. The molecule has 1 aliphatic carbocycles. The molecule has 0 aromatic heterocycles. The van der Waals surface area contributed by atoms with E-state index in [1.54, 1.807) is 6.07 Å². The summed E-state index contributed by atoms with van der Waals surface area (Å²) in [7, 11) is 1.51. The van der Waals surface area contributed by atoms with Gasteiger partial charge in [-0.2, -0.15) is 0 Å².